The molecule has 6 nitrogen and oxygen atoms in total. The highest BCUT2D eigenvalue weighted by Gasteiger charge is 2.15. The number of hydrogen-bond acceptors (Lipinski definition) is 5. The Morgan fingerprint density at radius 3 is 2.59 bits per heavy atom. The molecule has 0 saturated heterocycles. The number of nitrogens with zero attached hydrogens (tertiary/aromatic N) is 1. The zero-order chi connectivity index (χ0) is 12.8. The molecule has 0 atom stereocenters. The van der Waals surface area contributed by atoms with Gasteiger partial charge in [0.1, 0.15) is 5.75 Å². The van der Waals surface area contributed by atoms with Gasteiger partial charge in [-0.15, -0.1) is 0 Å². The van der Waals surface area contributed by atoms with Gasteiger partial charge < -0.3 is 5.11 Å². The number of benzene rings is 1. The Morgan fingerprint density at radius 1 is 1.41 bits per heavy atom. The van der Waals surface area contributed by atoms with E-state index in [4.69, 9.17) is 0 Å². The lowest BCUT2D eigenvalue weighted by atomic mass is 10.0. The predicted molar refractivity (Wildman–Crippen MR) is 58.4 cm³/mol. The lowest BCUT2D eigenvalue weighted by Crippen LogP contribution is -2.08. The highest BCUT2D eigenvalue weighted by Crippen LogP contribution is 2.18. The van der Waals surface area contributed by atoms with Crippen molar-refractivity contribution in [3.05, 3.63) is 51.6 Å². The van der Waals surface area contributed by atoms with Gasteiger partial charge in [-0.2, -0.15) is 0 Å². The van der Waals surface area contributed by atoms with Crippen molar-refractivity contribution in [2.24, 2.45) is 0 Å². The summed E-state index contributed by atoms with van der Waals surface area (Å²) in [5.74, 6) is -1.01. The van der Waals surface area contributed by atoms with Crippen LogP contribution in [-0.4, -0.2) is 28.6 Å². The van der Waals surface area contributed by atoms with Crippen LogP contribution in [0, 0.1) is 10.1 Å². The molecule has 0 spiro atoms. The first kappa shape index (κ1) is 12.6. The number of carbonyl (C=O) groups is 2. The van der Waals surface area contributed by atoms with Crippen molar-refractivity contribution < 1.29 is 19.6 Å². The van der Waals surface area contributed by atoms with Crippen molar-refractivity contribution in [1.29, 1.82) is 0 Å². The molecule has 88 valence electrons. The van der Waals surface area contributed by atoms with Gasteiger partial charge in [0.2, 0.25) is 6.54 Å². The van der Waals surface area contributed by atoms with Gasteiger partial charge in [0.15, 0.2) is 12.1 Å². The molecule has 0 fully saturated rings. The summed E-state index contributed by atoms with van der Waals surface area (Å²) >= 11 is 0. The molecule has 17 heavy (non-hydrogen) atoms. The fourth-order valence-electron chi connectivity index (χ4n) is 1.19. The van der Waals surface area contributed by atoms with Gasteiger partial charge in [0.05, 0.1) is 11.1 Å². The van der Waals surface area contributed by atoms with Gasteiger partial charge in [-0.05, 0) is 12.1 Å². The van der Waals surface area contributed by atoms with Gasteiger partial charge in [0, 0.05) is 11.0 Å². The molecule has 1 N–H and O–H groups in total. The van der Waals surface area contributed by atoms with Crippen LogP contribution >= 0.6 is 0 Å². The smallest absolute Gasteiger partial charge is 0.223 e. The Hall–Kier alpha value is -2.50. The second-order valence-electron chi connectivity index (χ2n) is 3.14. The number of aromatic hydroxyl groups is 1. The lowest BCUT2D eigenvalue weighted by molar-refractivity contribution is -0.468. The topological polar surface area (TPSA) is 97.5 Å². The third kappa shape index (κ3) is 3.23. The number of para-hydroxylation sites is 1. The van der Waals surface area contributed by atoms with E-state index < -0.39 is 17.3 Å². The van der Waals surface area contributed by atoms with E-state index >= 15 is 0 Å². The SMILES string of the molecule is O=C/C(=C\C[N+](=O)[O-])C(=O)c1ccccc1O. The number of nitro groups is 1. The van der Waals surface area contributed by atoms with Gasteiger partial charge in [-0.25, -0.2) is 0 Å². The molecule has 0 aliphatic rings. The van der Waals surface area contributed by atoms with E-state index in [0.717, 1.165) is 6.08 Å². The maximum absolute atomic E-state index is 11.7. The van der Waals surface area contributed by atoms with Gasteiger partial charge in [0.25, 0.3) is 0 Å². The average molecular weight is 235 g/mol. The first-order valence-electron chi connectivity index (χ1n) is 4.66. The Labute approximate surface area is 96.3 Å². The first-order valence-corrected chi connectivity index (χ1v) is 4.66. The molecule has 0 amide bonds. The largest absolute Gasteiger partial charge is 0.507 e. The monoisotopic (exact) mass is 235 g/mol. The lowest BCUT2D eigenvalue weighted by Gasteiger charge is -2.01. The minimum absolute atomic E-state index is 0.0609. The summed E-state index contributed by atoms with van der Waals surface area (Å²) in [6.45, 7) is -0.618. The van der Waals surface area contributed by atoms with Crippen LogP contribution in [-0.2, 0) is 4.79 Å². The first-order chi connectivity index (χ1) is 8.06. The van der Waals surface area contributed by atoms with E-state index in [1.165, 1.54) is 24.3 Å². The second-order valence-corrected chi connectivity index (χ2v) is 3.14. The van der Waals surface area contributed by atoms with Crippen LogP contribution in [0.2, 0.25) is 0 Å². The van der Waals surface area contributed by atoms with Crippen LogP contribution in [0.25, 0.3) is 0 Å². The van der Waals surface area contributed by atoms with Crippen molar-refractivity contribution in [3.63, 3.8) is 0 Å². The summed E-state index contributed by atoms with van der Waals surface area (Å²) in [5, 5.41) is 19.5. The molecule has 1 aromatic carbocycles. The molecule has 0 aliphatic heterocycles. The molecular formula is C11H9NO5. The van der Waals surface area contributed by atoms with Gasteiger partial charge in [-0.3, -0.25) is 19.7 Å². The summed E-state index contributed by atoms with van der Waals surface area (Å²) < 4.78 is 0. The zero-order valence-electron chi connectivity index (χ0n) is 8.70. The molecular weight excluding hydrogens is 226 g/mol. The standard InChI is InChI=1S/C11H9NO5/c13-7-8(5-6-12(16)17)11(15)9-3-1-2-4-10(9)14/h1-5,7,14H,6H2/b8-5+. The zero-order valence-corrected chi connectivity index (χ0v) is 8.70. The summed E-state index contributed by atoms with van der Waals surface area (Å²) in [5.41, 5.74) is -0.405. The predicted octanol–water partition coefficient (Wildman–Crippen LogP) is 0.977. The molecule has 6 heteroatoms. The molecule has 0 aliphatic carbocycles. The van der Waals surface area contributed by atoms with Crippen LogP contribution in [0.3, 0.4) is 0 Å². The molecule has 0 unspecified atom stereocenters. The van der Waals surface area contributed by atoms with Crippen molar-refractivity contribution in [3.8, 4) is 5.75 Å². The highest BCUT2D eigenvalue weighted by atomic mass is 16.6. The quantitative estimate of drug-likeness (QED) is 0.156. The molecule has 0 aromatic heterocycles. The van der Waals surface area contributed by atoms with Crippen molar-refractivity contribution >= 4 is 12.1 Å². The Morgan fingerprint density at radius 2 is 2.06 bits per heavy atom. The number of hydrogen-bond donors (Lipinski definition) is 1. The van der Waals surface area contributed by atoms with Gasteiger partial charge in [-0.1, -0.05) is 12.1 Å². The van der Waals surface area contributed by atoms with Gasteiger partial charge >= 0.3 is 0 Å². The normalized spacial score (nSPS) is 10.9. The third-order valence-electron chi connectivity index (χ3n) is 2.00. The summed E-state index contributed by atoms with van der Waals surface area (Å²) in [6.07, 6.45) is 1.15. The number of rotatable bonds is 5. The fraction of sp³-hybridized carbons (Fsp3) is 0.0909. The van der Waals surface area contributed by atoms with E-state index in [9.17, 15) is 24.8 Å². The van der Waals surface area contributed by atoms with E-state index in [0.29, 0.717) is 0 Å². The number of carbonyl (C=O) groups excluding carboxylic acids is 2. The summed E-state index contributed by atoms with van der Waals surface area (Å²) in [6, 6.07) is 5.67. The number of Topliss-reactive ketones (excluding diaryl/α,β-unsaturated/α-hetero) is 1. The molecule has 0 saturated carbocycles. The number of phenols is 1. The molecule has 0 radical (unpaired) electrons. The third-order valence-corrected chi connectivity index (χ3v) is 2.00. The van der Waals surface area contributed by atoms with Crippen molar-refractivity contribution in [2.75, 3.05) is 6.54 Å². The Bertz CT molecular complexity index is 492. The van der Waals surface area contributed by atoms with Crippen molar-refractivity contribution in [2.45, 2.75) is 0 Å². The number of aldehydes is 1. The fourth-order valence-corrected chi connectivity index (χ4v) is 1.19. The molecule has 0 bridgehead atoms. The minimum Gasteiger partial charge on any atom is -0.507 e. The number of phenolic OH excluding ortho intramolecular Hbond substituents is 1. The van der Waals surface area contributed by atoms with Crippen LogP contribution < -0.4 is 0 Å². The summed E-state index contributed by atoms with van der Waals surface area (Å²) in [7, 11) is 0. The van der Waals surface area contributed by atoms with E-state index in [1.54, 1.807) is 0 Å². The molecule has 1 aromatic rings. The molecule has 1 rings (SSSR count). The number of ketones is 1. The Kier molecular flexibility index (Phi) is 4.10. The summed E-state index contributed by atoms with van der Waals surface area (Å²) in [4.78, 5) is 31.8. The van der Waals surface area contributed by atoms with Crippen LogP contribution in [0.4, 0.5) is 0 Å². The average Bonchev–Trinajstić information content (AvgIpc) is 2.29. The van der Waals surface area contributed by atoms with Crippen LogP contribution in [0.5, 0.6) is 5.75 Å². The maximum Gasteiger partial charge on any atom is 0.223 e. The van der Waals surface area contributed by atoms with E-state index in [1.807, 2.05) is 0 Å². The van der Waals surface area contributed by atoms with E-state index in [-0.39, 0.29) is 23.2 Å². The molecule has 0 heterocycles. The minimum atomic E-state index is -0.736. The van der Waals surface area contributed by atoms with Crippen molar-refractivity contribution in [1.82, 2.24) is 0 Å². The number of allylic oxidation sites excluding steroid dienone is 1. The Balaban J connectivity index is 3.02. The van der Waals surface area contributed by atoms with Crippen LogP contribution in [0.1, 0.15) is 10.4 Å². The van der Waals surface area contributed by atoms with E-state index in [2.05, 4.69) is 0 Å². The second kappa shape index (κ2) is 5.55. The maximum atomic E-state index is 11.7. The highest BCUT2D eigenvalue weighted by molar-refractivity contribution is 6.21. The van der Waals surface area contributed by atoms with Crippen LogP contribution in [0.15, 0.2) is 35.9 Å².